The highest BCUT2D eigenvalue weighted by molar-refractivity contribution is 5.82. The van der Waals surface area contributed by atoms with Gasteiger partial charge in [0, 0.05) is 25.2 Å². The molecule has 1 heterocycles. The molecule has 6 heteroatoms. The first-order valence-electron chi connectivity index (χ1n) is 7.44. The van der Waals surface area contributed by atoms with E-state index in [9.17, 15) is 4.79 Å². The fourth-order valence-electron chi connectivity index (χ4n) is 2.23. The summed E-state index contributed by atoms with van der Waals surface area (Å²) in [5.74, 6) is 0.898. The highest BCUT2D eigenvalue weighted by Gasteiger charge is 2.24. The van der Waals surface area contributed by atoms with Crippen molar-refractivity contribution in [2.45, 2.75) is 6.10 Å². The Hall–Kier alpha value is -3.15. The molecule has 0 bridgehead atoms. The standard InChI is InChI=1S/C18H17N3O3/c1-21(2)18(22)16(13-6-4-3-5-7-13)24-15-10-8-14(9-11-15)17-20-19-12-23-17/h3-12,16H,1-2H3/t16-/m1/s1. The van der Waals surface area contributed by atoms with Crippen molar-refractivity contribution in [1.29, 1.82) is 0 Å². The van der Waals surface area contributed by atoms with Crippen molar-refractivity contribution in [2.24, 2.45) is 0 Å². The number of rotatable bonds is 5. The molecule has 0 saturated heterocycles. The molecule has 122 valence electrons. The summed E-state index contributed by atoms with van der Waals surface area (Å²) in [7, 11) is 3.42. The average molecular weight is 323 g/mol. The summed E-state index contributed by atoms with van der Waals surface area (Å²) in [4.78, 5) is 14.0. The number of likely N-dealkylation sites (N-methyl/N-ethyl adjacent to an activating group) is 1. The van der Waals surface area contributed by atoms with Crippen LogP contribution in [0.3, 0.4) is 0 Å². The topological polar surface area (TPSA) is 68.5 Å². The summed E-state index contributed by atoms with van der Waals surface area (Å²) in [5.41, 5.74) is 1.59. The molecule has 0 aliphatic carbocycles. The molecule has 2 aromatic carbocycles. The van der Waals surface area contributed by atoms with E-state index in [0.717, 1.165) is 11.1 Å². The summed E-state index contributed by atoms with van der Waals surface area (Å²) in [6.45, 7) is 0. The maximum absolute atomic E-state index is 12.5. The Kier molecular flexibility index (Phi) is 4.56. The van der Waals surface area contributed by atoms with E-state index in [1.807, 2.05) is 42.5 Å². The lowest BCUT2D eigenvalue weighted by molar-refractivity contribution is -0.136. The molecule has 0 saturated carbocycles. The Morgan fingerprint density at radius 2 is 1.79 bits per heavy atom. The van der Waals surface area contributed by atoms with Gasteiger partial charge in [0.15, 0.2) is 0 Å². The fraction of sp³-hybridized carbons (Fsp3) is 0.167. The van der Waals surface area contributed by atoms with Crippen molar-refractivity contribution in [3.63, 3.8) is 0 Å². The molecular formula is C18H17N3O3. The predicted octanol–water partition coefficient (Wildman–Crippen LogP) is 2.94. The molecule has 1 amide bonds. The number of amides is 1. The number of aromatic nitrogens is 2. The summed E-state index contributed by atoms with van der Waals surface area (Å²) in [6, 6.07) is 16.6. The van der Waals surface area contributed by atoms with Crippen molar-refractivity contribution in [1.82, 2.24) is 15.1 Å². The van der Waals surface area contributed by atoms with Crippen LogP contribution in [0.5, 0.6) is 5.75 Å². The SMILES string of the molecule is CN(C)C(=O)[C@H](Oc1ccc(-c2nnco2)cc1)c1ccccc1. The van der Waals surface area contributed by atoms with Crippen LogP contribution >= 0.6 is 0 Å². The number of hydrogen-bond donors (Lipinski definition) is 0. The first-order valence-corrected chi connectivity index (χ1v) is 7.44. The van der Waals surface area contributed by atoms with Gasteiger partial charge in [-0.25, -0.2) is 0 Å². The lowest BCUT2D eigenvalue weighted by Gasteiger charge is -2.22. The van der Waals surface area contributed by atoms with Crippen LogP contribution in [-0.4, -0.2) is 35.1 Å². The van der Waals surface area contributed by atoms with Gasteiger partial charge in [0.2, 0.25) is 18.4 Å². The molecule has 1 atom stereocenters. The summed E-state index contributed by atoms with van der Waals surface area (Å²) in [5, 5.41) is 7.51. The van der Waals surface area contributed by atoms with E-state index in [-0.39, 0.29) is 5.91 Å². The highest BCUT2D eigenvalue weighted by Crippen LogP contribution is 2.26. The summed E-state index contributed by atoms with van der Waals surface area (Å²) in [6.07, 6.45) is 0.580. The van der Waals surface area contributed by atoms with E-state index in [1.165, 1.54) is 11.3 Å². The van der Waals surface area contributed by atoms with Crippen LogP contribution in [-0.2, 0) is 4.79 Å². The molecule has 0 radical (unpaired) electrons. The number of carbonyl (C=O) groups is 1. The molecule has 3 aromatic rings. The minimum Gasteiger partial charge on any atom is -0.476 e. The normalized spacial score (nSPS) is 11.8. The monoisotopic (exact) mass is 323 g/mol. The molecule has 0 spiro atoms. The molecule has 24 heavy (non-hydrogen) atoms. The Morgan fingerprint density at radius 1 is 1.08 bits per heavy atom. The molecule has 0 fully saturated rings. The van der Waals surface area contributed by atoms with Crippen LogP contribution in [0.1, 0.15) is 11.7 Å². The molecule has 0 unspecified atom stereocenters. The molecule has 0 N–H and O–H groups in total. The van der Waals surface area contributed by atoms with Gasteiger partial charge in [-0.15, -0.1) is 10.2 Å². The van der Waals surface area contributed by atoms with Gasteiger partial charge in [-0.05, 0) is 24.3 Å². The van der Waals surface area contributed by atoms with E-state index >= 15 is 0 Å². The van der Waals surface area contributed by atoms with Gasteiger partial charge < -0.3 is 14.1 Å². The first-order chi connectivity index (χ1) is 11.6. The maximum Gasteiger partial charge on any atom is 0.267 e. The van der Waals surface area contributed by atoms with Crippen molar-refractivity contribution in [3.8, 4) is 17.2 Å². The number of nitrogens with zero attached hydrogens (tertiary/aromatic N) is 3. The smallest absolute Gasteiger partial charge is 0.267 e. The highest BCUT2D eigenvalue weighted by atomic mass is 16.5. The Morgan fingerprint density at radius 3 is 2.38 bits per heavy atom. The first kappa shape index (κ1) is 15.7. The number of hydrogen-bond acceptors (Lipinski definition) is 5. The minimum atomic E-state index is -0.699. The Balaban J connectivity index is 1.83. The molecule has 0 aliphatic rings. The molecule has 0 aliphatic heterocycles. The number of ether oxygens (including phenoxy) is 1. The Bertz CT molecular complexity index is 784. The van der Waals surface area contributed by atoms with Crippen molar-refractivity contribution in [2.75, 3.05) is 14.1 Å². The number of carbonyl (C=O) groups excluding carboxylic acids is 1. The van der Waals surface area contributed by atoms with Gasteiger partial charge in [-0.1, -0.05) is 30.3 Å². The van der Waals surface area contributed by atoms with E-state index in [1.54, 1.807) is 26.2 Å². The van der Waals surface area contributed by atoms with Crippen LogP contribution in [0.25, 0.3) is 11.5 Å². The van der Waals surface area contributed by atoms with E-state index in [4.69, 9.17) is 9.15 Å². The van der Waals surface area contributed by atoms with E-state index < -0.39 is 6.10 Å². The summed E-state index contributed by atoms with van der Waals surface area (Å²) >= 11 is 0. The third kappa shape index (κ3) is 3.43. The van der Waals surface area contributed by atoms with Crippen LogP contribution in [0.2, 0.25) is 0 Å². The zero-order valence-electron chi connectivity index (χ0n) is 13.4. The van der Waals surface area contributed by atoms with Gasteiger partial charge in [0.1, 0.15) is 5.75 Å². The van der Waals surface area contributed by atoms with Crippen molar-refractivity contribution >= 4 is 5.91 Å². The largest absolute Gasteiger partial charge is 0.476 e. The van der Waals surface area contributed by atoms with Crippen LogP contribution in [0.15, 0.2) is 65.4 Å². The predicted molar refractivity (Wildman–Crippen MR) is 88.2 cm³/mol. The minimum absolute atomic E-state index is 0.123. The number of benzene rings is 2. The molecule has 3 rings (SSSR count). The third-order valence-corrected chi connectivity index (χ3v) is 3.48. The lowest BCUT2D eigenvalue weighted by atomic mass is 10.1. The fourth-order valence-corrected chi connectivity index (χ4v) is 2.23. The van der Waals surface area contributed by atoms with Gasteiger partial charge in [-0.2, -0.15) is 0 Å². The van der Waals surface area contributed by atoms with Gasteiger partial charge in [0.05, 0.1) is 0 Å². The second-order valence-corrected chi connectivity index (χ2v) is 5.41. The lowest BCUT2D eigenvalue weighted by Crippen LogP contribution is -2.31. The van der Waals surface area contributed by atoms with Gasteiger partial charge >= 0.3 is 0 Å². The average Bonchev–Trinajstić information content (AvgIpc) is 3.15. The molecule has 1 aromatic heterocycles. The summed E-state index contributed by atoms with van der Waals surface area (Å²) < 4.78 is 11.1. The van der Waals surface area contributed by atoms with E-state index in [2.05, 4.69) is 10.2 Å². The van der Waals surface area contributed by atoms with Crippen molar-refractivity contribution in [3.05, 3.63) is 66.6 Å². The second kappa shape index (κ2) is 6.95. The van der Waals surface area contributed by atoms with Gasteiger partial charge in [0.25, 0.3) is 5.91 Å². The molecular weight excluding hydrogens is 306 g/mol. The quantitative estimate of drug-likeness (QED) is 0.722. The van der Waals surface area contributed by atoms with E-state index in [0.29, 0.717) is 11.6 Å². The zero-order chi connectivity index (χ0) is 16.9. The zero-order valence-corrected chi connectivity index (χ0v) is 13.4. The van der Waals surface area contributed by atoms with Gasteiger partial charge in [-0.3, -0.25) is 4.79 Å². The van der Waals surface area contributed by atoms with Crippen molar-refractivity contribution < 1.29 is 13.9 Å². The van der Waals surface area contributed by atoms with Crippen LogP contribution in [0.4, 0.5) is 0 Å². The Labute approximate surface area is 139 Å². The van der Waals surface area contributed by atoms with Crippen LogP contribution in [0, 0.1) is 0 Å². The third-order valence-electron chi connectivity index (χ3n) is 3.48. The maximum atomic E-state index is 12.5. The van der Waals surface area contributed by atoms with Crippen LogP contribution < -0.4 is 4.74 Å². The second-order valence-electron chi connectivity index (χ2n) is 5.41. The molecule has 6 nitrogen and oxygen atoms in total.